The van der Waals surface area contributed by atoms with Gasteiger partial charge in [-0.3, -0.25) is 4.79 Å². The van der Waals surface area contributed by atoms with Gasteiger partial charge in [-0.1, -0.05) is 36.7 Å². The molecule has 27 heavy (non-hydrogen) atoms. The molecular formula is C22H20ClNO2S. The number of nitrogens with one attached hydrogen (secondary N) is 1. The van der Waals surface area contributed by atoms with Crippen LogP contribution in [0.4, 0.5) is 5.69 Å². The summed E-state index contributed by atoms with van der Waals surface area (Å²) >= 11 is 7.45. The quantitative estimate of drug-likeness (QED) is 0.454. The van der Waals surface area contributed by atoms with Crippen LogP contribution in [0, 0.1) is 0 Å². The molecule has 0 fully saturated rings. The molecule has 0 saturated carbocycles. The number of hydrogen-bond donors (Lipinski definition) is 1. The van der Waals surface area contributed by atoms with Crippen LogP contribution in [0.5, 0.6) is 11.5 Å². The highest BCUT2D eigenvalue weighted by molar-refractivity contribution is 8.00. The first-order valence-corrected chi connectivity index (χ1v) is 9.96. The Kier molecular flexibility index (Phi) is 6.80. The molecule has 0 radical (unpaired) electrons. The molecule has 0 spiro atoms. The van der Waals surface area contributed by atoms with E-state index in [9.17, 15) is 4.79 Å². The third kappa shape index (κ3) is 5.78. The maximum absolute atomic E-state index is 12.6. The summed E-state index contributed by atoms with van der Waals surface area (Å²) in [5, 5.41) is 3.49. The molecule has 0 bridgehead atoms. The zero-order valence-electron chi connectivity index (χ0n) is 14.9. The molecule has 0 heterocycles. The molecule has 1 atom stereocenters. The zero-order chi connectivity index (χ0) is 19.1. The number of benzene rings is 3. The van der Waals surface area contributed by atoms with Crippen LogP contribution in [-0.2, 0) is 4.79 Å². The second-order valence-electron chi connectivity index (χ2n) is 5.90. The van der Waals surface area contributed by atoms with Crippen LogP contribution in [-0.4, -0.2) is 11.2 Å². The Morgan fingerprint density at radius 3 is 2.22 bits per heavy atom. The molecule has 3 rings (SSSR count). The molecule has 138 valence electrons. The lowest BCUT2D eigenvalue weighted by Gasteiger charge is -2.15. The van der Waals surface area contributed by atoms with Gasteiger partial charge < -0.3 is 10.1 Å². The monoisotopic (exact) mass is 397 g/mol. The van der Waals surface area contributed by atoms with E-state index >= 15 is 0 Å². The van der Waals surface area contributed by atoms with Crippen molar-refractivity contribution in [3.05, 3.63) is 83.9 Å². The van der Waals surface area contributed by atoms with E-state index in [0.29, 0.717) is 5.02 Å². The van der Waals surface area contributed by atoms with Gasteiger partial charge >= 0.3 is 0 Å². The van der Waals surface area contributed by atoms with Crippen LogP contribution in [0.15, 0.2) is 83.8 Å². The van der Waals surface area contributed by atoms with Crippen LogP contribution < -0.4 is 10.1 Å². The standard InChI is InChI=1S/C22H20ClNO2S/c1-2-21(27-20-14-8-16(23)9-15-20)22(25)24-17-10-12-19(13-11-17)26-18-6-4-3-5-7-18/h3-15,21H,2H2,1H3,(H,24,25)/t21-/m0/s1. The zero-order valence-corrected chi connectivity index (χ0v) is 16.5. The maximum Gasteiger partial charge on any atom is 0.237 e. The van der Waals surface area contributed by atoms with Crippen molar-refractivity contribution in [3.8, 4) is 11.5 Å². The summed E-state index contributed by atoms with van der Waals surface area (Å²) in [6.45, 7) is 2.00. The van der Waals surface area contributed by atoms with E-state index in [-0.39, 0.29) is 11.2 Å². The Morgan fingerprint density at radius 1 is 0.963 bits per heavy atom. The summed E-state index contributed by atoms with van der Waals surface area (Å²) in [7, 11) is 0. The van der Waals surface area contributed by atoms with Gasteiger partial charge in [0.15, 0.2) is 0 Å². The minimum atomic E-state index is -0.175. The number of ether oxygens (including phenoxy) is 1. The van der Waals surface area contributed by atoms with Crippen LogP contribution in [0.25, 0.3) is 0 Å². The Morgan fingerprint density at radius 2 is 1.59 bits per heavy atom. The Labute approximate surface area is 168 Å². The Bertz CT molecular complexity index is 867. The normalized spacial score (nSPS) is 11.6. The van der Waals surface area contributed by atoms with Crippen LogP contribution in [0.1, 0.15) is 13.3 Å². The van der Waals surface area contributed by atoms with E-state index in [1.807, 2.05) is 85.8 Å². The van der Waals surface area contributed by atoms with E-state index in [1.54, 1.807) is 0 Å². The summed E-state index contributed by atoms with van der Waals surface area (Å²) in [6.07, 6.45) is 0.730. The van der Waals surface area contributed by atoms with Crippen LogP contribution in [0.3, 0.4) is 0 Å². The Hall–Kier alpha value is -2.43. The molecule has 0 unspecified atom stereocenters. The molecule has 1 N–H and O–H groups in total. The summed E-state index contributed by atoms with van der Waals surface area (Å²) in [4.78, 5) is 13.6. The van der Waals surface area contributed by atoms with Gasteiger partial charge in [-0.25, -0.2) is 0 Å². The third-order valence-corrected chi connectivity index (χ3v) is 5.48. The van der Waals surface area contributed by atoms with Crippen molar-refractivity contribution in [2.24, 2.45) is 0 Å². The molecule has 0 saturated heterocycles. The van der Waals surface area contributed by atoms with Gasteiger partial charge in [-0.2, -0.15) is 0 Å². The number of carbonyl (C=O) groups is 1. The van der Waals surface area contributed by atoms with Crippen LogP contribution >= 0.6 is 23.4 Å². The van der Waals surface area contributed by atoms with Gasteiger partial charge in [0.25, 0.3) is 0 Å². The number of amides is 1. The number of anilines is 1. The molecule has 0 aliphatic rings. The fourth-order valence-electron chi connectivity index (χ4n) is 2.45. The highest BCUT2D eigenvalue weighted by atomic mass is 35.5. The Balaban J connectivity index is 1.59. The molecule has 3 aromatic rings. The first-order chi connectivity index (χ1) is 13.1. The average molecular weight is 398 g/mol. The largest absolute Gasteiger partial charge is 0.457 e. The first kappa shape index (κ1) is 19.3. The fourth-order valence-corrected chi connectivity index (χ4v) is 3.53. The highest BCUT2D eigenvalue weighted by Crippen LogP contribution is 2.28. The lowest BCUT2D eigenvalue weighted by molar-refractivity contribution is -0.115. The minimum Gasteiger partial charge on any atom is -0.457 e. The number of para-hydroxylation sites is 1. The van der Waals surface area contributed by atoms with Crippen molar-refractivity contribution >= 4 is 35.0 Å². The van der Waals surface area contributed by atoms with E-state index in [4.69, 9.17) is 16.3 Å². The number of thioether (sulfide) groups is 1. The van der Waals surface area contributed by atoms with E-state index in [1.165, 1.54) is 11.8 Å². The minimum absolute atomic E-state index is 0.0193. The van der Waals surface area contributed by atoms with E-state index in [2.05, 4.69) is 5.32 Å². The van der Waals surface area contributed by atoms with Crippen molar-refractivity contribution in [3.63, 3.8) is 0 Å². The smallest absolute Gasteiger partial charge is 0.237 e. The maximum atomic E-state index is 12.6. The molecule has 0 aliphatic carbocycles. The SMILES string of the molecule is CC[C@H](Sc1ccc(Cl)cc1)C(=O)Nc1ccc(Oc2ccccc2)cc1. The number of halogens is 1. The number of hydrogen-bond acceptors (Lipinski definition) is 3. The molecule has 5 heteroatoms. The second-order valence-corrected chi connectivity index (χ2v) is 7.61. The number of carbonyl (C=O) groups excluding carboxylic acids is 1. The van der Waals surface area contributed by atoms with Crippen molar-refractivity contribution in [2.45, 2.75) is 23.5 Å². The van der Waals surface area contributed by atoms with E-state index < -0.39 is 0 Å². The molecule has 3 nitrogen and oxygen atoms in total. The molecule has 3 aromatic carbocycles. The first-order valence-electron chi connectivity index (χ1n) is 8.70. The van der Waals surface area contributed by atoms with Gasteiger partial charge in [0.1, 0.15) is 11.5 Å². The summed E-state index contributed by atoms with van der Waals surface area (Å²) in [5.74, 6) is 1.48. The van der Waals surface area contributed by atoms with Crippen molar-refractivity contribution in [1.82, 2.24) is 0 Å². The summed E-state index contributed by atoms with van der Waals surface area (Å²) in [6, 6.07) is 24.5. The number of rotatable bonds is 7. The topological polar surface area (TPSA) is 38.3 Å². The highest BCUT2D eigenvalue weighted by Gasteiger charge is 2.18. The van der Waals surface area contributed by atoms with Gasteiger partial charge in [0, 0.05) is 15.6 Å². The molecule has 0 aliphatic heterocycles. The summed E-state index contributed by atoms with van der Waals surface area (Å²) in [5.41, 5.74) is 0.746. The van der Waals surface area contributed by atoms with Crippen molar-refractivity contribution in [2.75, 3.05) is 5.32 Å². The van der Waals surface area contributed by atoms with Gasteiger partial charge in [0.2, 0.25) is 5.91 Å². The van der Waals surface area contributed by atoms with Gasteiger partial charge in [0.05, 0.1) is 5.25 Å². The van der Waals surface area contributed by atoms with Gasteiger partial charge in [-0.15, -0.1) is 11.8 Å². The lowest BCUT2D eigenvalue weighted by Crippen LogP contribution is -2.24. The van der Waals surface area contributed by atoms with Crippen LogP contribution in [0.2, 0.25) is 5.02 Å². The van der Waals surface area contributed by atoms with Crippen molar-refractivity contribution in [1.29, 1.82) is 0 Å². The predicted molar refractivity (Wildman–Crippen MR) is 113 cm³/mol. The molecule has 0 aromatic heterocycles. The van der Waals surface area contributed by atoms with E-state index in [0.717, 1.165) is 28.5 Å². The lowest BCUT2D eigenvalue weighted by atomic mass is 10.2. The molecular weight excluding hydrogens is 378 g/mol. The average Bonchev–Trinajstić information content (AvgIpc) is 2.70. The fraction of sp³-hybridized carbons (Fsp3) is 0.136. The molecule has 1 amide bonds. The van der Waals surface area contributed by atoms with Gasteiger partial charge in [-0.05, 0) is 67.1 Å². The third-order valence-electron chi connectivity index (χ3n) is 3.86. The predicted octanol–water partition coefficient (Wildman–Crippen LogP) is 6.64. The summed E-state index contributed by atoms with van der Waals surface area (Å²) < 4.78 is 5.77. The second kappa shape index (κ2) is 9.49. The van der Waals surface area contributed by atoms with Crippen molar-refractivity contribution < 1.29 is 9.53 Å².